The van der Waals surface area contributed by atoms with Crippen LogP contribution in [0, 0.1) is 0 Å². The number of nitrogens with one attached hydrogen (secondary N) is 1. The van der Waals surface area contributed by atoms with Crippen LogP contribution in [0.25, 0.3) is 0 Å². The van der Waals surface area contributed by atoms with Gasteiger partial charge in [-0.15, -0.1) is 11.8 Å². The van der Waals surface area contributed by atoms with Crippen LogP contribution in [0.1, 0.15) is 36.2 Å². The Balaban J connectivity index is 1.75. The Morgan fingerprint density at radius 1 is 1.12 bits per heavy atom. The fraction of sp³-hybridized carbons (Fsp3) is 0.571. The summed E-state index contributed by atoms with van der Waals surface area (Å²) in [7, 11) is 1.26. The molecule has 3 amide bonds. The van der Waals surface area contributed by atoms with Gasteiger partial charge in [0.25, 0.3) is 5.91 Å². The van der Waals surface area contributed by atoms with Gasteiger partial charge in [0.1, 0.15) is 17.8 Å². The van der Waals surface area contributed by atoms with Crippen molar-refractivity contribution in [1.29, 1.82) is 0 Å². The van der Waals surface area contributed by atoms with E-state index in [1.54, 1.807) is 0 Å². The molecule has 1 aromatic heterocycles. The highest BCUT2D eigenvalue weighted by molar-refractivity contribution is 8.00. The van der Waals surface area contributed by atoms with E-state index in [0.717, 1.165) is 11.8 Å². The molecule has 13 heteroatoms. The van der Waals surface area contributed by atoms with Gasteiger partial charge < -0.3 is 25.0 Å². The third-order valence-corrected chi connectivity index (χ3v) is 6.70. The summed E-state index contributed by atoms with van der Waals surface area (Å²) >= 11 is 0.952. The first-order chi connectivity index (χ1) is 16.3. The lowest BCUT2D eigenvalue weighted by molar-refractivity contribution is -0.155. The SMILES string of the molecule is COC(=O)[C@H]1CCCN1C(=O)[C@@H]1C[C@@H](NC(=O)c2cnccn2)CCN1C(=O)CSCC(=O)O. The number of ether oxygens (including phenoxy) is 1. The number of aromatic nitrogens is 2. The second kappa shape index (κ2) is 11.8. The van der Waals surface area contributed by atoms with Crippen molar-refractivity contribution in [3.05, 3.63) is 24.3 Å². The molecule has 2 N–H and O–H groups in total. The summed E-state index contributed by atoms with van der Waals surface area (Å²) in [4.78, 5) is 72.6. The van der Waals surface area contributed by atoms with Gasteiger partial charge in [-0.2, -0.15) is 0 Å². The minimum absolute atomic E-state index is 0.0901. The number of thioether (sulfide) groups is 1. The van der Waals surface area contributed by atoms with Gasteiger partial charge in [0, 0.05) is 31.5 Å². The van der Waals surface area contributed by atoms with E-state index in [9.17, 15) is 24.0 Å². The lowest BCUT2D eigenvalue weighted by Gasteiger charge is -2.41. The summed E-state index contributed by atoms with van der Waals surface area (Å²) in [5.41, 5.74) is 0.138. The van der Waals surface area contributed by atoms with Crippen LogP contribution in [0.5, 0.6) is 0 Å². The molecule has 2 fully saturated rings. The minimum Gasteiger partial charge on any atom is -0.481 e. The Morgan fingerprint density at radius 2 is 1.91 bits per heavy atom. The number of hydrogen-bond donors (Lipinski definition) is 2. The Bertz CT molecular complexity index is 931. The third kappa shape index (κ3) is 6.22. The van der Waals surface area contributed by atoms with Crippen LogP contribution in [0.3, 0.4) is 0 Å². The largest absolute Gasteiger partial charge is 0.481 e. The zero-order valence-electron chi connectivity index (χ0n) is 18.7. The molecule has 34 heavy (non-hydrogen) atoms. The predicted octanol–water partition coefficient (Wildman–Crippen LogP) is -0.452. The van der Waals surface area contributed by atoms with Gasteiger partial charge in [-0.1, -0.05) is 0 Å². The number of nitrogens with zero attached hydrogens (tertiary/aromatic N) is 4. The van der Waals surface area contributed by atoms with Crippen molar-refractivity contribution in [1.82, 2.24) is 25.1 Å². The van der Waals surface area contributed by atoms with Crippen LogP contribution in [-0.4, -0.2) is 104 Å². The first kappa shape index (κ1) is 25.4. The number of amides is 3. The van der Waals surface area contributed by atoms with Gasteiger partial charge in [0.2, 0.25) is 11.8 Å². The topological polar surface area (TPSA) is 159 Å². The van der Waals surface area contributed by atoms with Crippen molar-refractivity contribution >= 4 is 41.4 Å². The highest BCUT2D eigenvalue weighted by Gasteiger charge is 2.43. The molecule has 2 aliphatic heterocycles. The fourth-order valence-corrected chi connectivity index (χ4v) is 4.83. The second-order valence-corrected chi connectivity index (χ2v) is 8.97. The van der Waals surface area contributed by atoms with E-state index in [2.05, 4.69) is 15.3 Å². The lowest BCUT2D eigenvalue weighted by Crippen LogP contribution is -2.59. The zero-order valence-corrected chi connectivity index (χ0v) is 19.5. The van der Waals surface area contributed by atoms with Crippen molar-refractivity contribution < 1.29 is 33.8 Å². The van der Waals surface area contributed by atoms with Crippen molar-refractivity contribution in [2.75, 3.05) is 31.7 Å². The molecule has 0 radical (unpaired) electrons. The van der Waals surface area contributed by atoms with Gasteiger partial charge in [0.05, 0.1) is 24.8 Å². The average Bonchev–Trinajstić information content (AvgIpc) is 3.33. The van der Waals surface area contributed by atoms with Crippen molar-refractivity contribution in [3.63, 3.8) is 0 Å². The van der Waals surface area contributed by atoms with E-state index in [4.69, 9.17) is 9.84 Å². The number of likely N-dealkylation sites (tertiary alicyclic amines) is 2. The third-order valence-electron chi connectivity index (χ3n) is 5.80. The van der Waals surface area contributed by atoms with Gasteiger partial charge in [-0.3, -0.25) is 24.2 Å². The first-order valence-electron chi connectivity index (χ1n) is 10.9. The van der Waals surface area contributed by atoms with E-state index < -0.39 is 36.0 Å². The van der Waals surface area contributed by atoms with E-state index in [0.29, 0.717) is 25.8 Å². The molecule has 3 atom stereocenters. The summed E-state index contributed by atoms with van der Waals surface area (Å²) in [6.45, 7) is 0.562. The van der Waals surface area contributed by atoms with Crippen LogP contribution in [0.15, 0.2) is 18.6 Å². The molecule has 3 rings (SSSR count). The fourth-order valence-electron chi connectivity index (χ4n) is 4.22. The minimum atomic E-state index is -1.03. The molecule has 2 aliphatic rings. The Labute approximate surface area is 200 Å². The molecule has 0 aliphatic carbocycles. The molecular weight excluding hydrogens is 466 g/mol. The van der Waals surface area contributed by atoms with Crippen LogP contribution in [-0.2, 0) is 23.9 Å². The molecule has 3 heterocycles. The number of carbonyl (C=O) groups excluding carboxylic acids is 4. The summed E-state index contributed by atoms with van der Waals surface area (Å²) < 4.78 is 4.83. The molecule has 2 saturated heterocycles. The monoisotopic (exact) mass is 493 g/mol. The number of esters is 1. The summed E-state index contributed by atoms with van der Waals surface area (Å²) in [6.07, 6.45) is 5.86. The molecule has 0 aromatic carbocycles. The first-order valence-corrected chi connectivity index (χ1v) is 12.0. The van der Waals surface area contributed by atoms with E-state index in [1.807, 2.05) is 0 Å². The van der Waals surface area contributed by atoms with E-state index in [-0.39, 0.29) is 42.0 Å². The van der Waals surface area contributed by atoms with Crippen LogP contribution in [0.4, 0.5) is 0 Å². The number of hydrogen-bond acceptors (Lipinski definition) is 9. The predicted molar refractivity (Wildman–Crippen MR) is 120 cm³/mol. The van der Waals surface area contributed by atoms with Gasteiger partial charge in [0.15, 0.2) is 0 Å². The van der Waals surface area contributed by atoms with Crippen molar-refractivity contribution in [2.24, 2.45) is 0 Å². The highest BCUT2D eigenvalue weighted by atomic mass is 32.2. The maximum absolute atomic E-state index is 13.5. The lowest BCUT2D eigenvalue weighted by atomic mass is 9.95. The number of methoxy groups -OCH3 is 1. The van der Waals surface area contributed by atoms with Crippen molar-refractivity contribution in [2.45, 2.75) is 43.8 Å². The molecule has 0 bridgehead atoms. The van der Waals surface area contributed by atoms with Gasteiger partial charge in [-0.05, 0) is 25.7 Å². The molecule has 0 unspecified atom stereocenters. The van der Waals surface area contributed by atoms with Crippen molar-refractivity contribution in [3.8, 4) is 0 Å². The Morgan fingerprint density at radius 3 is 2.59 bits per heavy atom. The van der Waals surface area contributed by atoms with Crippen LogP contribution < -0.4 is 5.32 Å². The van der Waals surface area contributed by atoms with Gasteiger partial charge >= 0.3 is 11.9 Å². The summed E-state index contributed by atoms with van der Waals surface area (Å²) in [5, 5.41) is 11.7. The van der Waals surface area contributed by atoms with Crippen LogP contribution in [0.2, 0.25) is 0 Å². The quantitative estimate of drug-likeness (QED) is 0.454. The summed E-state index contributed by atoms with van der Waals surface area (Å²) in [5.74, 6) is -3.05. The van der Waals surface area contributed by atoms with E-state index in [1.165, 1.54) is 35.5 Å². The second-order valence-electron chi connectivity index (χ2n) is 7.99. The average molecular weight is 494 g/mol. The Hall–Kier alpha value is -3.22. The smallest absolute Gasteiger partial charge is 0.328 e. The maximum atomic E-state index is 13.5. The number of carbonyl (C=O) groups is 5. The summed E-state index contributed by atoms with van der Waals surface area (Å²) in [6, 6.07) is -2.02. The number of aliphatic carboxylic acids is 1. The molecule has 0 saturated carbocycles. The number of carboxylic acids is 1. The number of carboxylic acid groups (broad SMARTS) is 1. The molecule has 1 aromatic rings. The normalized spacial score (nSPS) is 22.2. The van der Waals surface area contributed by atoms with E-state index >= 15 is 0 Å². The number of rotatable bonds is 8. The molecular formula is C21H27N5O7S. The molecule has 0 spiro atoms. The standard InChI is InChI=1S/C21H27N5O7S/c1-33-21(32)15-3-2-7-26(15)20(31)16-9-13(24-19(30)14-10-22-5-6-23-14)4-8-25(16)17(27)11-34-12-18(28)29/h5-6,10,13,15-16H,2-4,7-9,11-12H2,1H3,(H,24,30)(H,28,29)/t13-,15+,16-/m0/s1. The van der Waals surface area contributed by atoms with Crippen LogP contribution >= 0.6 is 11.8 Å². The zero-order chi connectivity index (χ0) is 24.7. The number of piperidine rings is 1. The molecule has 184 valence electrons. The maximum Gasteiger partial charge on any atom is 0.328 e. The molecule has 12 nitrogen and oxygen atoms in total. The Kier molecular flexibility index (Phi) is 8.79. The highest BCUT2D eigenvalue weighted by Crippen LogP contribution is 2.26. The van der Waals surface area contributed by atoms with Gasteiger partial charge in [-0.25, -0.2) is 9.78 Å².